The number of carbonyl (C=O) groups is 3. The van der Waals surface area contributed by atoms with Gasteiger partial charge in [-0.2, -0.15) is 5.26 Å². The highest BCUT2D eigenvalue weighted by molar-refractivity contribution is 5.85. The molecular formula is C24H32N4O5. The van der Waals surface area contributed by atoms with Gasteiger partial charge in [0.05, 0.1) is 18.2 Å². The number of hydrogen-bond acceptors (Lipinski definition) is 7. The molecule has 1 saturated heterocycles. The SMILES string of the molecule is CC(C)C[C@H](NC(=O)CN)C(=O)O[C@H]1[C@H](N2CCCC2=O)c2cc(C#N)ccc2OC1(C)C. The molecule has 2 heterocycles. The molecule has 0 spiro atoms. The number of ether oxygens (including phenoxy) is 2. The lowest BCUT2D eigenvalue weighted by Crippen LogP contribution is -2.57. The molecule has 3 atom stereocenters. The first-order valence-corrected chi connectivity index (χ1v) is 11.3. The highest BCUT2D eigenvalue weighted by atomic mass is 16.6. The normalized spacial score (nSPS) is 22.2. The minimum atomic E-state index is -0.968. The molecule has 0 unspecified atom stereocenters. The van der Waals surface area contributed by atoms with Gasteiger partial charge < -0.3 is 25.4 Å². The van der Waals surface area contributed by atoms with Crippen LogP contribution in [0.5, 0.6) is 5.75 Å². The molecule has 9 nitrogen and oxygen atoms in total. The molecule has 2 amide bonds. The van der Waals surface area contributed by atoms with E-state index in [1.165, 1.54) is 0 Å². The fourth-order valence-corrected chi connectivity index (χ4v) is 4.47. The lowest BCUT2D eigenvalue weighted by atomic mass is 9.84. The molecule has 1 fully saturated rings. The molecule has 1 aromatic rings. The van der Waals surface area contributed by atoms with Gasteiger partial charge in [0, 0.05) is 18.5 Å². The van der Waals surface area contributed by atoms with Gasteiger partial charge in [-0.25, -0.2) is 4.79 Å². The van der Waals surface area contributed by atoms with Crippen LogP contribution in [-0.4, -0.2) is 53.5 Å². The molecular weight excluding hydrogens is 424 g/mol. The van der Waals surface area contributed by atoms with Crippen molar-refractivity contribution in [3.8, 4) is 11.8 Å². The quantitative estimate of drug-likeness (QED) is 0.597. The number of likely N-dealkylation sites (tertiary alicyclic amines) is 1. The van der Waals surface area contributed by atoms with Crippen molar-refractivity contribution in [3.05, 3.63) is 29.3 Å². The number of rotatable bonds is 7. The van der Waals surface area contributed by atoms with Crippen molar-refractivity contribution in [1.29, 1.82) is 5.26 Å². The number of esters is 1. The van der Waals surface area contributed by atoms with Crippen molar-refractivity contribution in [3.63, 3.8) is 0 Å². The molecule has 178 valence electrons. The van der Waals surface area contributed by atoms with Crippen LogP contribution in [0.4, 0.5) is 0 Å². The minimum absolute atomic E-state index is 0.0396. The second-order valence-corrected chi connectivity index (χ2v) is 9.52. The predicted octanol–water partition coefficient (Wildman–Crippen LogP) is 1.79. The number of nitrogens with one attached hydrogen (secondary N) is 1. The Morgan fingerprint density at radius 1 is 1.39 bits per heavy atom. The molecule has 9 heteroatoms. The van der Waals surface area contributed by atoms with Crippen LogP contribution < -0.4 is 15.8 Å². The van der Waals surface area contributed by atoms with Crippen molar-refractivity contribution in [2.75, 3.05) is 13.1 Å². The van der Waals surface area contributed by atoms with Gasteiger partial charge in [0.2, 0.25) is 11.8 Å². The van der Waals surface area contributed by atoms with Crippen LogP contribution in [0.1, 0.15) is 64.1 Å². The molecule has 0 aromatic heterocycles. The van der Waals surface area contributed by atoms with Crippen LogP contribution in [0.2, 0.25) is 0 Å². The van der Waals surface area contributed by atoms with E-state index in [9.17, 15) is 19.6 Å². The summed E-state index contributed by atoms with van der Waals surface area (Å²) in [6.45, 7) is 7.76. The van der Waals surface area contributed by atoms with E-state index in [4.69, 9.17) is 15.2 Å². The third-order valence-electron chi connectivity index (χ3n) is 6.00. The van der Waals surface area contributed by atoms with Crippen LogP contribution in [0.25, 0.3) is 0 Å². The summed E-state index contributed by atoms with van der Waals surface area (Å²) in [6.07, 6.45) is 0.639. The number of benzene rings is 1. The maximum atomic E-state index is 13.3. The van der Waals surface area contributed by atoms with E-state index in [0.29, 0.717) is 42.7 Å². The zero-order chi connectivity index (χ0) is 24.3. The predicted molar refractivity (Wildman–Crippen MR) is 120 cm³/mol. The maximum absolute atomic E-state index is 13.3. The summed E-state index contributed by atoms with van der Waals surface area (Å²) < 4.78 is 12.2. The zero-order valence-electron chi connectivity index (χ0n) is 19.6. The number of nitrogens with zero attached hydrogens (tertiary/aromatic N) is 2. The van der Waals surface area contributed by atoms with E-state index in [0.717, 1.165) is 0 Å². The van der Waals surface area contributed by atoms with Crippen molar-refractivity contribution in [2.24, 2.45) is 11.7 Å². The third kappa shape index (κ3) is 5.28. The highest BCUT2D eigenvalue weighted by Gasteiger charge is 2.51. The van der Waals surface area contributed by atoms with Gasteiger partial charge in [-0.3, -0.25) is 9.59 Å². The van der Waals surface area contributed by atoms with Crippen LogP contribution >= 0.6 is 0 Å². The first-order valence-electron chi connectivity index (χ1n) is 11.3. The summed E-state index contributed by atoms with van der Waals surface area (Å²) in [5, 5.41) is 12.1. The van der Waals surface area contributed by atoms with Gasteiger partial charge in [0.15, 0.2) is 6.10 Å². The summed E-state index contributed by atoms with van der Waals surface area (Å²) in [7, 11) is 0. The summed E-state index contributed by atoms with van der Waals surface area (Å²) in [6, 6.07) is 5.69. The summed E-state index contributed by atoms with van der Waals surface area (Å²) in [5.74, 6) is -0.435. The standard InChI is InChI=1S/C24H32N4O5/c1-14(2)10-17(27-19(29)13-26)23(31)32-22-21(28-9-5-6-20(28)30)16-11-15(12-25)7-8-18(16)33-24(22,3)4/h7-8,11,14,17,21-22H,5-6,9-10,13,26H2,1-4H3,(H,27,29)/t17-,21+,22-/m0/s1. The molecule has 3 rings (SSSR count). The smallest absolute Gasteiger partial charge is 0.329 e. The summed E-state index contributed by atoms with van der Waals surface area (Å²) in [4.78, 5) is 39.7. The second-order valence-electron chi connectivity index (χ2n) is 9.52. The molecule has 1 aromatic carbocycles. The third-order valence-corrected chi connectivity index (χ3v) is 6.00. The molecule has 2 aliphatic heterocycles. The average molecular weight is 457 g/mol. The monoisotopic (exact) mass is 456 g/mol. The Morgan fingerprint density at radius 3 is 2.70 bits per heavy atom. The van der Waals surface area contributed by atoms with Gasteiger partial charge in [-0.1, -0.05) is 13.8 Å². The van der Waals surface area contributed by atoms with Gasteiger partial charge in [-0.15, -0.1) is 0 Å². The average Bonchev–Trinajstić information content (AvgIpc) is 3.18. The lowest BCUT2D eigenvalue weighted by molar-refractivity contribution is -0.176. The largest absolute Gasteiger partial charge is 0.484 e. The Morgan fingerprint density at radius 2 is 2.12 bits per heavy atom. The van der Waals surface area contributed by atoms with E-state index in [1.54, 1.807) is 36.9 Å². The zero-order valence-corrected chi connectivity index (χ0v) is 19.6. The highest BCUT2D eigenvalue weighted by Crippen LogP contribution is 2.46. The van der Waals surface area contributed by atoms with E-state index in [2.05, 4.69) is 11.4 Å². The first kappa shape index (κ1) is 24.5. The maximum Gasteiger partial charge on any atom is 0.329 e. The Bertz CT molecular complexity index is 968. The molecule has 2 aliphatic rings. The van der Waals surface area contributed by atoms with Gasteiger partial charge >= 0.3 is 5.97 Å². The summed E-state index contributed by atoms with van der Waals surface area (Å²) in [5.41, 5.74) is 5.51. The van der Waals surface area contributed by atoms with Crippen molar-refractivity contribution in [1.82, 2.24) is 10.2 Å². The van der Waals surface area contributed by atoms with Crippen molar-refractivity contribution < 1.29 is 23.9 Å². The molecule has 0 saturated carbocycles. The fourth-order valence-electron chi connectivity index (χ4n) is 4.47. The van der Waals surface area contributed by atoms with Crippen LogP contribution in [0.3, 0.4) is 0 Å². The lowest BCUT2D eigenvalue weighted by Gasteiger charge is -2.47. The minimum Gasteiger partial charge on any atom is -0.484 e. The second kappa shape index (κ2) is 9.79. The van der Waals surface area contributed by atoms with E-state index < -0.39 is 35.7 Å². The topological polar surface area (TPSA) is 135 Å². The molecule has 33 heavy (non-hydrogen) atoms. The van der Waals surface area contributed by atoms with Gasteiger partial charge in [-0.05, 0) is 50.8 Å². The number of amides is 2. The van der Waals surface area contributed by atoms with Crippen LogP contribution in [0.15, 0.2) is 18.2 Å². The Labute approximate surface area is 194 Å². The van der Waals surface area contributed by atoms with E-state index in [1.807, 2.05) is 13.8 Å². The van der Waals surface area contributed by atoms with Gasteiger partial charge in [0.25, 0.3) is 0 Å². The number of nitriles is 1. The number of fused-ring (bicyclic) bond motifs is 1. The van der Waals surface area contributed by atoms with E-state index >= 15 is 0 Å². The molecule has 0 radical (unpaired) electrons. The molecule has 3 N–H and O–H groups in total. The number of nitrogens with two attached hydrogens (primary N) is 1. The molecule has 0 bridgehead atoms. The van der Waals surface area contributed by atoms with Crippen molar-refractivity contribution >= 4 is 17.8 Å². The fraction of sp³-hybridized carbons (Fsp3) is 0.583. The van der Waals surface area contributed by atoms with Crippen LogP contribution in [0, 0.1) is 17.2 Å². The Balaban J connectivity index is 2.01. The Kier molecular flexibility index (Phi) is 7.28. The number of hydrogen-bond donors (Lipinski definition) is 2. The molecule has 0 aliphatic carbocycles. The van der Waals surface area contributed by atoms with Crippen molar-refractivity contribution in [2.45, 2.75) is 70.7 Å². The van der Waals surface area contributed by atoms with Gasteiger partial charge in [0.1, 0.15) is 23.4 Å². The Hall–Kier alpha value is -3.12. The first-order chi connectivity index (χ1) is 15.6. The number of carbonyl (C=O) groups excluding carboxylic acids is 3. The van der Waals surface area contributed by atoms with E-state index in [-0.39, 0.29) is 18.4 Å². The van der Waals surface area contributed by atoms with Crippen LogP contribution in [-0.2, 0) is 19.1 Å². The summed E-state index contributed by atoms with van der Waals surface area (Å²) >= 11 is 0.